The van der Waals surface area contributed by atoms with Gasteiger partial charge in [-0.3, -0.25) is 9.69 Å². The van der Waals surface area contributed by atoms with Crippen molar-refractivity contribution >= 4 is 17.3 Å². The van der Waals surface area contributed by atoms with Gasteiger partial charge in [0.15, 0.2) is 0 Å². The fraction of sp³-hybridized carbons (Fsp3) is 0.583. The summed E-state index contributed by atoms with van der Waals surface area (Å²) in [4.78, 5) is 15.4. The van der Waals surface area contributed by atoms with Gasteiger partial charge in [0.25, 0.3) is 0 Å². The van der Waals surface area contributed by atoms with E-state index in [4.69, 9.17) is 4.74 Å². The summed E-state index contributed by atoms with van der Waals surface area (Å²) >= 11 is 1.83. The van der Waals surface area contributed by atoms with Crippen LogP contribution in [0.25, 0.3) is 0 Å². The largest absolute Gasteiger partial charge is 0.461 e. The fourth-order valence-electron chi connectivity index (χ4n) is 2.57. The molecule has 1 saturated heterocycles. The number of rotatable bonds is 1. The predicted molar refractivity (Wildman–Crippen MR) is 62.4 cm³/mol. The van der Waals surface area contributed by atoms with Crippen molar-refractivity contribution in [2.75, 3.05) is 6.54 Å². The molecule has 2 aliphatic heterocycles. The summed E-state index contributed by atoms with van der Waals surface area (Å²) in [6.07, 6.45) is 2.00. The van der Waals surface area contributed by atoms with Crippen LogP contribution in [0.1, 0.15) is 23.8 Å². The molecule has 0 unspecified atom stereocenters. The molecule has 0 saturated carbocycles. The van der Waals surface area contributed by atoms with Crippen molar-refractivity contribution in [3.63, 3.8) is 0 Å². The van der Waals surface area contributed by atoms with Gasteiger partial charge in [0.1, 0.15) is 12.1 Å². The molecule has 0 amide bonds. The molecule has 1 aromatic rings. The maximum atomic E-state index is 11.7. The maximum absolute atomic E-state index is 11.7. The predicted octanol–water partition coefficient (Wildman–Crippen LogP) is 1.81. The van der Waals surface area contributed by atoms with Gasteiger partial charge in [-0.2, -0.15) is 0 Å². The quantitative estimate of drug-likeness (QED) is 0.698. The maximum Gasteiger partial charge on any atom is 0.323 e. The minimum Gasteiger partial charge on any atom is -0.461 e. The van der Waals surface area contributed by atoms with E-state index in [1.165, 1.54) is 10.4 Å². The Bertz CT molecular complexity index is 415. The normalized spacial score (nSPS) is 30.2. The van der Waals surface area contributed by atoms with Gasteiger partial charge in [-0.05, 0) is 30.4 Å². The Balaban J connectivity index is 1.76. The van der Waals surface area contributed by atoms with Crippen molar-refractivity contribution in [3.8, 4) is 0 Å². The zero-order valence-electron chi connectivity index (χ0n) is 9.31. The van der Waals surface area contributed by atoms with E-state index in [0.717, 1.165) is 25.9 Å². The summed E-state index contributed by atoms with van der Waals surface area (Å²) < 4.78 is 5.22. The smallest absolute Gasteiger partial charge is 0.323 e. The van der Waals surface area contributed by atoms with E-state index in [2.05, 4.69) is 16.3 Å². The fourth-order valence-corrected chi connectivity index (χ4v) is 3.46. The van der Waals surface area contributed by atoms with Gasteiger partial charge < -0.3 is 4.74 Å². The van der Waals surface area contributed by atoms with Crippen LogP contribution in [0.2, 0.25) is 0 Å². The second kappa shape index (κ2) is 3.86. The van der Waals surface area contributed by atoms with Crippen molar-refractivity contribution in [2.24, 2.45) is 0 Å². The van der Waals surface area contributed by atoms with Crippen molar-refractivity contribution < 1.29 is 9.53 Å². The van der Waals surface area contributed by atoms with E-state index in [0.29, 0.717) is 0 Å². The van der Waals surface area contributed by atoms with Crippen molar-refractivity contribution in [1.29, 1.82) is 0 Å². The molecule has 1 aromatic heterocycles. The van der Waals surface area contributed by atoms with E-state index in [1.807, 2.05) is 18.3 Å². The first-order valence-electron chi connectivity index (χ1n) is 5.74. The minimum absolute atomic E-state index is 0.0111. The van der Waals surface area contributed by atoms with Crippen LogP contribution in [-0.4, -0.2) is 29.6 Å². The second-order valence-corrected chi connectivity index (χ2v) is 5.59. The molecule has 2 aliphatic rings. The third-order valence-corrected chi connectivity index (χ3v) is 4.45. The molecule has 3 rings (SSSR count). The highest BCUT2D eigenvalue weighted by atomic mass is 32.1. The topological polar surface area (TPSA) is 29.5 Å². The summed E-state index contributed by atoms with van der Waals surface area (Å²) in [6, 6.07) is 2.17. The number of carbonyl (C=O) groups excluding carboxylic acids is 1. The molecule has 0 radical (unpaired) electrons. The number of fused-ring (bicyclic) bond motifs is 1. The SMILES string of the molecule is C[C@H]1C[C@@H](N2CCc3sccc3C2)C(=O)O1. The Morgan fingerprint density at radius 1 is 1.56 bits per heavy atom. The summed E-state index contributed by atoms with van der Waals surface area (Å²) in [5.74, 6) is -0.0359. The van der Waals surface area contributed by atoms with E-state index < -0.39 is 0 Å². The summed E-state index contributed by atoms with van der Waals surface area (Å²) in [6.45, 7) is 3.86. The lowest BCUT2D eigenvalue weighted by Gasteiger charge is -2.29. The molecule has 0 N–H and O–H groups in total. The molecule has 0 aromatic carbocycles. The van der Waals surface area contributed by atoms with Gasteiger partial charge >= 0.3 is 5.97 Å². The Kier molecular flexibility index (Phi) is 2.48. The molecule has 2 atom stereocenters. The highest BCUT2D eigenvalue weighted by Crippen LogP contribution is 2.28. The van der Waals surface area contributed by atoms with Gasteiger partial charge in [-0.25, -0.2) is 0 Å². The van der Waals surface area contributed by atoms with Crippen molar-refractivity contribution in [3.05, 3.63) is 21.9 Å². The highest BCUT2D eigenvalue weighted by Gasteiger charge is 2.37. The van der Waals surface area contributed by atoms with Crippen LogP contribution in [0.4, 0.5) is 0 Å². The van der Waals surface area contributed by atoms with Crippen LogP contribution < -0.4 is 0 Å². The number of esters is 1. The number of carbonyl (C=O) groups is 1. The zero-order chi connectivity index (χ0) is 11.1. The molecular formula is C12H15NO2S. The summed E-state index contributed by atoms with van der Waals surface area (Å²) in [7, 11) is 0. The van der Waals surface area contributed by atoms with Crippen LogP contribution in [-0.2, 0) is 22.5 Å². The molecule has 0 spiro atoms. The first-order valence-corrected chi connectivity index (χ1v) is 6.62. The number of thiophene rings is 1. The lowest BCUT2D eigenvalue weighted by molar-refractivity contribution is -0.145. The Labute approximate surface area is 99.0 Å². The monoisotopic (exact) mass is 237 g/mol. The number of hydrogen-bond acceptors (Lipinski definition) is 4. The summed E-state index contributed by atoms with van der Waals surface area (Å²) in [5.41, 5.74) is 1.39. The Hall–Kier alpha value is -0.870. The van der Waals surface area contributed by atoms with Gasteiger partial charge in [-0.15, -0.1) is 11.3 Å². The van der Waals surface area contributed by atoms with E-state index in [1.54, 1.807) is 0 Å². The average molecular weight is 237 g/mol. The van der Waals surface area contributed by atoms with Crippen LogP contribution in [0.5, 0.6) is 0 Å². The van der Waals surface area contributed by atoms with Crippen molar-refractivity contribution in [1.82, 2.24) is 4.90 Å². The number of hydrogen-bond donors (Lipinski definition) is 0. The molecule has 3 heterocycles. The van der Waals surface area contributed by atoms with Crippen molar-refractivity contribution in [2.45, 2.75) is 38.5 Å². The molecule has 0 aliphatic carbocycles. The van der Waals surface area contributed by atoms with Gasteiger partial charge in [0.2, 0.25) is 0 Å². The van der Waals surface area contributed by atoms with E-state index in [-0.39, 0.29) is 18.1 Å². The third-order valence-electron chi connectivity index (χ3n) is 3.42. The van der Waals surface area contributed by atoms with Gasteiger partial charge in [0, 0.05) is 24.4 Å². The van der Waals surface area contributed by atoms with Gasteiger partial charge in [0.05, 0.1) is 0 Å². The first-order chi connectivity index (χ1) is 7.74. The number of cyclic esters (lactones) is 1. The zero-order valence-corrected chi connectivity index (χ0v) is 10.1. The average Bonchev–Trinajstić information content (AvgIpc) is 2.83. The van der Waals surface area contributed by atoms with E-state index >= 15 is 0 Å². The molecular weight excluding hydrogens is 222 g/mol. The molecule has 16 heavy (non-hydrogen) atoms. The van der Waals surface area contributed by atoms with Crippen LogP contribution in [0.3, 0.4) is 0 Å². The number of ether oxygens (including phenoxy) is 1. The highest BCUT2D eigenvalue weighted by molar-refractivity contribution is 7.10. The Morgan fingerprint density at radius 3 is 3.19 bits per heavy atom. The molecule has 4 heteroatoms. The van der Waals surface area contributed by atoms with Crippen LogP contribution in [0, 0.1) is 0 Å². The lowest BCUT2D eigenvalue weighted by atomic mass is 10.1. The first kappa shape index (κ1) is 10.3. The standard InChI is InChI=1S/C12H15NO2S/c1-8-6-10(12(14)15-8)13-4-2-11-9(7-13)3-5-16-11/h3,5,8,10H,2,4,6-7H2,1H3/t8-,10+/m0/s1. The third kappa shape index (κ3) is 1.66. The molecule has 1 fully saturated rings. The van der Waals surface area contributed by atoms with Gasteiger partial charge in [-0.1, -0.05) is 0 Å². The lowest BCUT2D eigenvalue weighted by Crippen LogP contribution is -2.41. The minimum atomic E-state index is -0.0359. The second-order valence-electron chi connectivity index (χ2n) is 4.59. The van der Waals surface area contributed by atoms with Crippen LogP contribution >= 0.6 is 11.3 Å². The van der Waals surface area contributed by atoms with E-state index in [9.17, 15) is 4.79 Å². The molecule has 0 bridgehead atoms. The summed E-state index contributed by atoms with van der Waals surface area (Å²) in [5, 5.41) is 2.14. The Morgan fingerprint density at radius 2 is 2.44 bits per heavy atom. The molecule has 86 valence electrons. The number of nitrogens with zero attached hydrogens (tertiary/aromatic N) is 1. The van der Waals surface area contributed by atoms with Crippen LogP contribution in [0.15, 0.2) is 11.4 Å². The molecule has 3 nitrogen and oxygen atoms in total.